The molecule has 0 aliphatic heterocycles. The summed E-state index contributed by atoms with van der Waals surface area (Å²) < 4.78 is 52.6. The number of nitrogens with zero attached hydrogens (tertiary/aromatic N) is 1. The largest absolute Gasteiger partial charge is 0.479 e. The molecule has 1 aromatic carbocycles. The van der Waals surface area contributed by atoms with E-state index in [0.29, 0.717) is 5.75 Å². The summed E-state index contributed by atoms with van der Waals surface area (Å²) in [4.78, 5) is 0. The van der Waals surface area contributed by atoms with Gasteiger partial charge in [0.1, 0.15) is 21.7 Å². The quantitative estimate of drug-likeness (QED) is 0.777. The van der Waals surface area contributed by atoms with Crippen molar-refractivity contribution in [2.24, 2.45) is 0 Å². The van der Waals surface area contributed by atoms with Crippen molar-refractivity contribution in [3.05, 3.63) is 24.3 Å². The normalized spacial score (nSPS) is 11.6. The molecule has 20 heavy (non-hydrogen) atoms. The minimum atomic E-state index is -3.75. The molecule has 0 unspecified atom stereocenters. The Morgan fingerprint density at radius 3 is 2.55 bits per heavy atom. The van der Waals surface area contributed by atoms with Gasteiger partial charge in [-0.2, -0.15) is 5.26 Å². The zero-order valence-electron chi connectivity index (χ0n) is 10.7. The summed E-state index contributed by atoms with van der Waals surface area (Å²) in [5.41, 5.74) is 0.244. The Labute approximate surface area is 118 Å². The number of nitriles is 1. The van der Waals surface area contributed by atoms with Gasteiger partial charge in [0.25, 0.3) is 0 Å². The fourth-order valence-electron chi connectivity index (χ4n) is 1.26. The van der Waals surface area contributed by atoms with E-state index in [2.05, 4.69) is 4.72 Å². The molecule has 0 saturated heterocycles. The number of ether oxygens (including phenoxy) is 1. The number of benzene rings is 1. The second-order valence-corrected chi connectivity index (χ2v) is 8.13. The first-order valence-corrected chi connectivity index (χ1v) is 9.21. The Bertz CT molecular complexity index is 705. The highest BCUT2D eigenvalue weighted by Crippen LogP contribution is 2.18. The molecule has 0 spiro atoms. The van der Waals surface area contributed by atoms with Crippen LogP contribution in [0.1, 0.15) is 0 Å². The average Bonchev–Trinajstić information content (AvgIpc) is 2.33. The summed E-state index contributed by atoms with van der Waals surface area (Å²) >= 11 is 0. The van der Waals surface area contributed by atoms with Gasteiger partial charge in [0.2, 0.25) is 10.0 Å². The lowest BCUT2D eigenvalue weighted by Gasteiger charge is -2.09. The maximum atomic E-state index is 11.7. The van der Waals surface area contributed by atoms with Crippen LogP contribution in [-0.4, -0.2) is 41.2 Å². The summed E-state index contributed by atoms with van der Waals surface area (Å²) in [6.07, 6.45) is 0.971. The first kappa shape index (κ1) is 16.3. The van der Waals surface area contributed by atoms with Crippen molar-refractivity contribution in [2.75, 3.05) is 29.1 Å². The summed E-state index contributed by atoms with van der Waals surface area (Å²) in [6, 6.07) is 7.83. The number of anilines is 1. The highest BCUT2D eigenvalue weighted by Gasteiger charge is 2.14. The molecule has 0 radical (unpaired) electrons. The van der Waals surface area contributed by atoms with Crippen LogP contribution in [0.3, 0.4) is 0 Å². The predicted molar refractivity (Wildman–Crippen MR) is 74.7 cm³/mol. The van der Waals surface area contributed by atoms with Gasteiger partial charge in [0.05, 0.1) is 17.2 Å². The Morgan fingerprint density at radius 2 is 1.95 bits per heavy atom. The van der Waals surface area contributed by atoms with Gasteiger partial charge in [-0.1, -0.05) is 6.07 Å². The molecule has 9 heteroatoms. The van der Waals surface area contributed by atoms with Gasteiger partial charge in [0, 0.05) is 12.3 Å². The molecule has 1 rings (SSSR count). The van der Waals surface area contributed by atoms with Crippen molar-refractivity contribution in [2.45, 2.75) is 0 Å². The number of rotatable bonds is 7. The number of hydrogen-bond acceptors (Lipinski definition) is 6. The van der Waals surface area contributed by atoms with Crippen molar-refractivity contribution in [1.82, 2.24) is 0 Å². The third-order valence-corrected chi connectivity index (χ3v) is 4.63. The lowest BCUT2D eigenvalue weighted by molar-refractivity contribution is 0.368. The highest BCUT2D eigenvalue weighted by molar-refractivity contribution is 7.95. The average molecular weight is 318 g/mol. The lowest BCUT2D eigenvalue weighted by Crippen LogP contribution is -2.22. The third kappa shape index (κ3) is 6.40. The van der Waals surface area contributed by atoms with E-state index in [-0.39, 0.29) is 12.3 Å². The molecule has 1 N–H and O–H groups in total. The van der Waals surface area contributed by atoms with Crippen LogP contribution < -0.4 is 9.46 Å². The van der Waals surface area contributed by atoms with E-state index in [1.807, 2.05) is 0 Å². The van der Waals surface area contributed by atoms with Crippen LogP contribution in [0.4, 0.5) is 5.69 Å². The molecule has 0 atom stereocenters. The Hall–Kier alpha value is -1.79. The van der Waals surface area contributed by atoms with E-state index >= 15 is 0 Å². The summed E-state index contributed by atoms with van der Waals surface area (Å²) in [6.45, 7) is -0.149. The molecular formula is C11H14N2O5S2. The topological polar surface area (TPSA) is 113 Å². The fourth-order valence-corrected chi connectivity index (χ4v) is 3.93. The van der Waals surface area contributed by atoms with Crippen LogP contribution in [0.2, 0.25) is 0 Å². The minimum Gasteiger partial charge on any atom is -0.479 e. The van der Waals surface area contributed by atoms with Gasteiger partial charge < -0.3 is 4.74 Å². The van der Waals surface area contributed by atoms with Crippen LogP contribution in [0.25, 0.3) is 0 Å². The van der Waals surface area contributed by atoms with E-state index in [4.69, 9.17) is 10.00 Å². The van der Waals surface area contributed by atoms with E-state index in [9.17, 15) is 16.8 Å². The number of sulfonamides is 1. The zero-order valence-corrected chi connectivity index (χ0v) is 12.4. The predicted octanol–water partition coefficient (Wildman–Crippen LogP) is 0.375. The standard InChI is InChI=1S/C11H14N2O5S2/c1-19(14,15)7-8-20(16,17)13-10-3-2-4-11(9-10)18-6-5-12/h2-4,9,13H,6-8H2,1H3. The first-order chi connectivity index (χ1) is 9.22. The van der Waals surface area contributed by atoms with Crippen LogP contribution in [0.15, 0.2) is 24.3 Å². The molecule has 0 saturated carbocycles. The van der Waals surface area contributed by atoms with E-state index in [1.165, 1.54) is 12.1 Å². The van der Waals surface area contributed by atoms with Crippen LogP contribution in [0, 0.1) is 11.3 Å². The van der Waals surface area contributed by atoms with Gasteiger partial charge in [-0.05, 0) is 12.1 Å². The molecule has 0 aliphatic carbocycles. The van der Waals surface area contributed by atoms with Crippen molar-refractivity contribution in [3.63, 3.8) is 0 Å². The molecule has 110 valence electrons. The maximum absolute atomic E-state index is 11.7. The summed E-state index contributed by atoms with van der Waals surface area (Å²) in [7, 11) is -7.10. The maximum Gasteiger partial charge on any atom is 0.233 e. The molecule has 7 nitrogen and oxygen atoms in total. The molecule has 0 heterocycles. The van der Waals surface area contributed by atoms with E-state index < -0.39 is 31.4 Å². The van der Waals surface area contributed by atoms with E-state index in [1.54, 1.807) is 18.2 Å². The Balaban J connectivity index is 2.75. The molecule has 0 aromatic heterocycles. The SMILES string of the molecule is CS(=O)(=O)CCS(=O)(=O)Nc1cccc(OCC#N)c1. The first-order valence-electron chi connectivity index (χ1n) is 5.50. The molecule has 0 amide bonds. The second-order valence-electron chi connectivity index (χ2n) is 4.03. The molecule has 0 fully saturated rings. The van der Waals surface area contributed by atoms with Gasteiger partial charge in [-0.15, -0.1) is 0 Å². The zero-order chi connectivity index (χ0) is 15.2. The molecule has 0 bridgehead atoms. The fraction of sp³-hybridized carbons (Fsp3) is 0.364. The highest BCUT2D eigenvalue weighted by atomic mass is 32.2. The van der Waals surface area contributed by atoms with E-state index in [0.717, 1.165) is 6.26 Å². The van der Waals surface area contributed by atoms with Crippen molar-refractivity contribution in [1.29, 1.82) is 5.26 Å². The van der Waals surface area contributed by atoms with Crippen LogP contribution in [0.5, 0.6) is 5.75 Å². The number of hydrogen-bond donors (Lipinski definition) is 1. The van der Waals surface area contributed by atoms with Gasteiger partial charge in [-0.3, -0.25) is 4.72 Å². The number of nitrogens with one attached hydrogen (secondary N) is 1. The van der Waals surface area contributed by atoms with Crippen molar-refractivity contribution in [3.8, 4) is 11.8 Å². The molecular weight excluding hydrogens is 304 g/mol. The molecule has 0 aliphatic rings. The second kappa shape index (κ2) is 6.58. The third-order valence-electron chi connectivity index (χ3n) is 2.13. The van der Waals surface area contributed by atoms with Crippen LogP contribution in [-0.2, 0) is 19.9 Å². The summed E-state index contributed by atoms with van der Waals surface area (Å²) in [5, 5.41) is 8.39. The monoisotopic (exact) mass is 318 g/mol. The Morgan fingerprint density at radius 1 is 1.25 bits per heavy atom. The molecule has 1 aromatic rings. The van der Waals surface area contributed by atoms with Crippen molar-refractivity contribution < 1.29 is 21.6 Å². The van der Waals surface area contributed by atoms with Gasteiger partial charge >= 0.3 is 0 Å². The number of sulfone groups is 1. The summed E-state index contributed by atoms with van der Waals surface area (Å²) in [5.74, 6) is -0.628. The van der Waals surface area contributed by atoms with Gasteiger partial charge in [0.15, 0.2) is 6.61 Å². The van der Waals surface area contributed by atoms with Gasteiger partial charge in [-0.25, -0.2) is 16.8 Å². The lowest BCUT2D eigenvalue weighted by atomic mass is 10.3. The van der Waals surface area contributed by atoms with Crippen LogP contribution >= 0.6 is 0 Å². The van der Waals surface area contributed by atoms with Crippen molar-refractivity contribution >= 4 is 25.5 Å². The minimum absolute atomic E-state index is 0.149. The Kier molecular flexibility index (Phi) is 5.35. The smallest absolute Gasteiger partial charge is 0.233 e.